The minimum Gasteiger partial charge on any atom is -0.455 e. The highest BCUT2D eigenvalue weighted by molar-refractivity contribution is 7.20. The molecule has 0 fully saturated rings. The van der Waals surface area contributed by atoms with E-state index < -0.39 is 16.1 Å². The minimum atomic E-state index is -2.76. The van der Waals surface area contributed by atoms with Crippen molar-refractivity contribution in [3.05, 3.63) is 570 Å². The molecule has 7 heteroatoms. The van der Waals surface area contributed by atoms with E-state index in [2.05, 4.69) is 583 Å². The van der Waals surface area contributed by atoms with Gasteiger partial charge in [0.15, 0.2) is 16.1 Å². The van der Waals surface area contributed by atoms with E-state index in [4.69, 9.17) is 4.42 Å². The first kappa shape index (κ1) is 84.7. The Kier molecular flexibility index (Phi) is 22.0. The molecule has 0 aliphatic heterocycles. The quantitative estimate of drug-likeness (QED) is 0.0563. The molecule has 3 heterocycles. The number of rotatable bonds is 20. The van der Waals surface area contributed by atoms with Crippen LogP contribution in [0.4, 0.5) is 34.1 Å². The smallest absolute Gasteiger partial charge is 0.179 e. The molecule has 3 aromatic heterocycles. The number of nitrogens with zero attached hydrogens (tertiary/aromatic N) is 4. The van der Waals surface area contributed by atoms with Crippen LogP contribution in [0.5, 0.6) is 0 Å². The van der Waals surface area contributed by atoms with Gasteiger partial charge in [-0.1, -0.05) is 449 Å². The average Bonchev–Trinajstić information content (AvgIpc) is 1.06. The van der Waals surface area contributed by atoms with E-state index in [1.54, 1.807) is 0 Å². The first-order valence-corrected chi connectivity index (χ1v) is 52.5. The molecule has 0 aliphatic rings. The molecule has 141 heavy (non-hydrogen) atoms. The van der Waals surface area contributed by atoms with Crippen molar-refractivity contribution in [3.8, 4) is 55.9 Å². The molecule has 26 rings (SSSR count). The molecule has 0 radical (unpaired) electrons. The largest absolute Gasteiger partial charge is 0.455 e. The Hall–Kier alpha value is -18.0. The predicted octanol–water partition coefficient (Wildman–Crippen LogP) is 30.1. The summed E-state index contributed by atoms with van der Waals surface area (Å²) in [6, 6.07) is 209. The maximum atomic E-state index is 6.61. The summed E-state index contributed by atoms with van der Waals surface area (Å²) >= 11 is 0. The monoisotopic (exact) mass is 1830 g/mol. The zero-order chi connectivity index (χ0) is 93.6. The standard InChI is InChI=1S/C68H48N2Si.C66H46N2OSi/c1-4-26-56(27-5-1)71(57-28-6-2-7-29-57,58-30-8-3-9-31-58)59-46-44-54(45-47-59)69(53-42-40-51(41-43-53)61-35-17-22-49-20-10-12-32-60(49)61)55-25-16-24-52(48-55)63-36-19-39-67-68(63)64-34-14-15-37-66(64)70(67)65-38-18-23-50-21-11-13-33-62(50)65;1-5-23-49(24-6-1)68-62-38-15-13-34-61(62)65-57(35-20-39-63(65)68)47-21-17-25-51(45-47)67(52-26-18-22-48(46-52)58-36-19-37-60-59-33-14-16-40-64(59)69-66(58)60)50-41-43-56(44-42-50)70(53-27-7-2-8-28-53,54-29-9-3-10-30-54)55-31-11-4-12-32-55/h1-48H;1-46H. The number of para-hydroxylation sites is 5. The van der Waals surface area contributed by atoms with E-state index in [9.17, 15) is 0 Å². The molecule has 0 amide bonds. The Morgan fingerprint density at radius 2 is 0.482 bits per heavy atom. The van der Waals surface area contributed by atoms with Crippen molar-refractivity contribution < 1.29 is 4.42 Å². The number of anilines is 6. The second kappa shape index (κ2) is 36.6. The highest BCUT2D eigenvalue weighted by Gasteiger charge is 2.43. The fraction of sp³-hybridized carbons (Fsp3) is 0. The van der Waals surface area contributed by atoms with Crippen molar-refractivity contribution in [3.63, 3.8) is 0 Å². The molecular weight excluding hydrogens is 1740 g/mol. The molecule has 5 nitrogen and oxygen atoms in total. The molecule has 0 bridgehead atoms. The molecule has 0 spiro atoms. The van der Waals surface area contributed by atoms with Gasteiger partial charge >= 0.3 is 0 Å². The number of hydrogen-bond acceptors (Lipinski definition) is 3. The van der Waals surface area contributed by atoms with Crippen LogP contribution in [0.15, 0.2) is 575 Å². The van der Waals surface area contributed by atoms with E-state index in [0.29, 0.717) is 0 Å². The number of hydrogen-bond donors (Lipinski definition) is 0. The summed E-state index contributed by atoms with van der Waals surface area (Å²) in [5.41, 5.74) is 24.5. The van der Waals surface area contributed by atoms with Crippen LogP contribution in [0.25, 0.3) is 143 Å². The fourth-order valence-electron chi connectivity index (χ4n) is 22.5. The molecule has 0 aliphatic carbocycles. The van der Waals surface area contributed by atoms with Crippen LogP contribution in [0.2, 0.25) is 0 Å². The maximum Gasteiger partial charge on any atom is 0.179 e. The van der Waals surface area contributed by atoms with E-state index >= 15 is 0 Å². The highest BCUT2D eigenvalue weighted by Crippen LogP contribution is 2.47. The lowest BCUT2D eigenvalue weighted by Crippen LogP contribution is -2.74. The Balaban J connectivity index is 0.000000149. The molecule has 0 atom stereocenters. The third-order valence-corrected chi connectivity index (χ3v) is 38.2. The summed E-state index contributed by atoms with van der Waals surface area (Å²) in [6.07, 6.45) is 0. The zero-order valence-corrected chi connectivity index (χ0v) is 79.5. The van der Waals surface area contributed by atoms with Crippen molar-refractivity contribution in [2.45, 2.75) is 0 Å². The van der Waals surface area contributed by atoms with Gasteiger partial charge in [0.2, 0.25) is 0 Å². The van der Waals surface area contributed by atoms with Crippen LogP contribution in [0.3, 0.4) is 0 Å². The molecule has 0 N–H and O–H groups in total. The fourth-order valence-corrected chi connectivity index (χ4v) is 31.9. The van der Waals surface area contributed by atoms with E-state index in [0.717, 1.165) is 84.0 Å². The van der Waals surface area contributed by atoms with Gasteiger partial charge < -0.3 is 23.4 Å². The number of fused-ring (bicyclic) bond motifs is 11. The number of furan rings is 1. The van der Waals surface area contributed by atoms with Crippen LogP contribution >= 0.6 is 0 Å². The topological polar surface area (TPSA) is 29.5 Å². The second-order valence-electron chi connectivity index (χ2n) is 36.4. The molecule has 26 aromatic rings. The van der Waals surface area contributed by atoms with Crippen LogP contribution in [0.1, 0.15) is 0 Å². The Morgan fingerprint density at radius 1 is 0.177 bits per heavy atom. The third kappa shape index (κ3) is 14.9. The number of aromatic nitrogens is 2. The predicted molar refractivity (Wildman–Crippen MR) is 602 cm³/mol. The lowest BCUT2D eigenvalue weighted by Gasteiger charge is -2.35. The van der Waals surface area contributed by atoms with Crippen molar-refractivity contribution in [2.24, 2.45) is 0 Å². The Bertz CT molecular complexity index is 8880. The lowest BCUT2D eigenvalue weighted by atomic mass is 9.97. The molecule has 23 aromatic carbocycles. The Morgan fingerprint density at radius 3 is 0.957 bits per heavy atom. The van der Waals surface area contributed by atoms with Crippen molar-refractivity contribution in [1.29, 1.82) is 0 Å². The molecule has 0 saturated carbocycles. The summed E-state index contributed by atoms with van der Waals surface area (Å²) < 4.78 is 11.5. The van der Waals surface area contributed by atoms with Gasteiger partial charge in [0, 0.05) is 83.1 Å². The summed E-state index contributed by atoms with van der Waals surface area (Å²) in [7, 11) is -5.51. The van der Waals surface area contributed by atoms with E-state index in [1.807, 2.05) is 6.07 Å². The first-order chi connectivity index (χ1) is 70.0. The van der Waals surface area contributed by atoms with Crippen LogP contribution in [-0.4, -0.2) is 25.3 Å². The molecule has 0 unspecified atom stereocenters. The van der Waals surface area contributed by atoms with Gasteiger partial charge in [-0.2, -0.15) is 0 Å². The van der Waals surface area contributed by atoms with Gasteiger partial charge in [-0.25, -0.2) is 0 Å². The Labute approximate surface area is 822 Å². The van der Waals surface area contributed by atoms with Crippen molar-refractivity contribution >= 4 is 179 Å². The average molecular weight is 1830 g/mol. The second-order valence-corrected chi connectivity index (χ2v) is 44.0. The van der Waals surface area contributed by atoms with Crippen molar-refractivity contribution in [1.82, 2.24) is 9.13 Å². The minimum absolute atomic E-state index is 0.891. The lowest BCUT2D eigenvalue weighted by molar-refractivity contribution is 0.670. The van der Waals surface area contributed by atoms with E-state index in [1.165, 1.54) is 135 Å². The third-order valence-electron chi connectivity index (χ3n) is 28.7. The SMILES string of the molecule is c1ccc(-n2c3ccccc3c3c(-c4cccc(N(c5ccc([Si](c6ccccc6)(c6ccccc6)c6ccccc6)cc5)c5cccc(-c6cccc7c6oc6ccccc67)c5)c4)cccc32)cc1.c1ccc([Si](c2ccccc2)(c2ccccc2)c2ccc(N(c3ccc(-c4cccc5ccccc45)cc3)c3cccc(-c4cccc5c4c4ccccc4n5-c4cccc5ccccc45)c3)cc2)cc1. The maximum absolute atomic E-state index is 6.61. The normalized spacial score (nSPS) is 11.7. The molecule has 0 saturated heterocycles. The zero-order valence-electron chi connectivity index (χ0n) is 77.5. The molecule has 664 valence electrons. The summed E-state index contributed by atoms with van der Waals surface area (Å²) in [5.74, 6) is 0. The van der Waals surface area contributed by atoms with Crippen LogP contribution < -0.4 is 51.3 Å². The van der Waals surface area contributed by atoms with Gasteiger partial charge in [-0.15, -0.1) is 0 Å². The van der Waals surface area contributed by atoms with Gasteiger partial charge in [0.05, 0.1) is 27.8 Å². The van der Waals surface area contributed by atoms with Gasteiger partial charge in [-0.3, -0.25) is 0 Å². The summed E-state index contributed by atoms with van der Waals surface area (Å²) in [4.78, 5) is 4.84. The summed E-state index contributed by atoms with van der Waals surface area (Å²) in [5, 5.41) is 22.9. The van der Waals surface area contributed by atoms with E-state index in [-0.39, 0.29) is 0 Å². The van der Waals surface area contributed by atoms with Gasteiger partial charge in [-0.05, 0) is 218 Å². The van der Waals surface area contributed by atoms with Crippen LogP contribution in [0, 0.1) is 0 Å². The van der Waals surface area contributed by atoms with Crippen molar-refractivity contribution in [2.75, 3.05) is 9.80 Å². The highest BCUT2D eigenvalue weighted by atomic mass is 28.3. The van der Waals surface area contributed by atoms with Crippen LogP contribution in [-0.2, 0) is 0 Å². The summed E-state index contributed by atoms with van der Waals surface area (Å²) in [6.45, 7) is 0. The van der Waals surface area contributed by atoms with Gasteiger partial charge in [0.1, 0.15) is 11.2 Å². The first-order valence-electron chi connectivity index (χ1n) is 48.5. The number of benzene rings is 23. The molecular formula is C134H94N4OSi2. The van der Waals surface area contributed by atoms with Gasteiger partial charge in [0.25, 0.3) is 0 Å².